The van der Waals surface area contributed by atoms with Crippen molar-refractivity contribution in [2.75, 3.05) is 13.2 Å². The van der Waals surface area contributed by atoms with Gasteiger partial charge in [-0.3, -0.25) is 0 Å². The van der Waals surface area contributed by atoms with E-state index in [1.54, 1.807) is 6.07 Å². The molecular weight excluding hydrogens is 274 g/mol. The molecule has 0 unspecified atom stereocenters. The van der Waals surface area contributed by atoms with E-state index in [2.05, 4.69) is 6.07 Å². The topological polar surface area (TPSA) is 55.5 Å². The predicted molar refractivity (Wildman–Crippen MR) is 83.3 cm³/mol. The highest BCUT2D eigenvalue weighted by molar-refractivity contribution is 5.88. The molecule has 0 aromatic heterocycles. The van der Waals surface area contributed by atoms with Crippen molar-refractivity contribution in [3.63, 3.8) is 0 Å². The molecule has 1 saturated heterocycles. The molecule has 0 aliphatic carbocycles. The maximum Gasteiger partial charge on any atom is 0.120 e. The molecule has 0 bridgehead atoms. The first-order chi connectivity index (χ1) is 9.27. The lowest BCUT2D eigenvalue weighted by atomic mass is 9.85. The van der Waals surface area contributed by atoms with Crippen LogP contribution in [0.3, 0.4) is 0 Å². The molecule has 1 fully saturated rings. The molecular formula is C16H20ClNO2. The summed E-state index contributed by atoms with van der Waals surface area (Å²) in [6.07, 6.45) is 1.92. The van der Waals surface area contributed by atoms with Crippen molar-refractivity contribution >= 4 is 23.2 Å². The highest BCUT2D eigenvalue weighted by Gasteiger charge is 2.25. The van der Waals surface area contributed by atoms with E-state index in [4.69, 9.17) is 10.5 Å². The summed E-state index contributed by atoms with van der Waals surface area (Å²) in [4.78, 5) is 0. The number of halogens is 1. The van der Waals surface area contributed by atoms with E-state index < -0.39 is 0 Å². The van der Waals surface area contributed by atoms with Gasteiger partial charge in [-0.05, 0) is 35.6 Å². The maximum atomic E-state index is 10.2. The van der Waals surface area contributed by atoms with Crippen LogP contribution in [0.2, 0.25) is 0 Å². The Bertz CT molecular complexity index is 582. The molecule has 0 radical (unpaired) electrons. The van der Waals surface area contributed by atoms with Crippen LogP contribution in [-0.4, -0.2) is 18.3 Å². The van der Waals surface area contributed by atoms with Gasteiger partial charge in [0.2, 0.25) is 0 Å². The zero-order valence-electron chi connectivity index (χ0n) is 11.3. The molecule has 3 N–H and O–H groups in total. The molecule has 4 heteroatoms. The Morgan fingerprint density at radius 2 is 1.80 bits per heavy atom. The third-order valence-electron chi connectivity index (χ3n) is 4.05. The van der Waals surface area contributed by atoms with Crippen LogP contribution >= 0.6 is 12.4 Å². The SMILES string of the molecule is Cl.N[C@H](c1c(O)ccc2ccccc12)C1CCOCC1. The van der Waals surface area contributed by atoms with Gasteiger partial charge in [0, 0.05) is 24.8 Å². The summed E-state index contributed by atoms with van der Waals surface area (Å²) in [5.41, 5.74) is 7.30. The first-order valence-electron chi connectivity index (χ1n) is 6.81. The number of benzene rings is 2. The molecule has 0 amide bonds. The molecule has 1 aliphatic heterocycles. The zero-order chi connectivity index (χ0) is 13.2. The largest absolute Gasteiger partial charge is 0.508 e. The van der Waals surface area contributed by atoms with Crippen molar-refractivity contribution in [3.05, 3.63) is 42.0 Å². The summed E-state index contributed by atoms with van der Waals surface area (Å²) in [6, 6.07) is 11.6. The third kappa shape index (κ3) is 2.75. The van der Waals surface area contributed by atoms with E-state index in [-0.39, 0.29) is 18.4 Å². The highest BCUT2D eigenvalue weighted by atomic mass is 35.5. The predicted octanol–water partition coefficient (Wildman–Crippen LogP) is 3.39. The van der Waals surface area contributed by atoms with Crippen LogP contribution in [0.5, 0.6) is 5.75 Å². The third-order valence-corrected chi connectivity index (χ3v) is 4.05. The van der Waals surface area contributed by atoms with E-state index in [1.165, 1.54) is 0 Å². The molecule has 1 atom stereocenters. The van der Waals surface area contributed by atoms with Gasteiger partial charge >= 0.3 is 0 Å². The van der Waals surface area contributed by atoms with E-state index in [0.29, 0.717) is 11.7 Å². The summed E-state index contributed by atoms with van der Waals surface area (Å²) < 4.78 is 5.39. The molecule has 2 aromatic rings. The van der Waals surface area contributed by atoms with Crippen LogP contribution in [0.25, 0.3) is 10.8 Å². The minimum atomic E-state index is -0.130. The van der Waals surface area contributed by atoms with Crippen molar-refractivity contribution in [2.24, 2.45) is 11.7 Å². The maximum absolute atomic E-state index is 10.2. The van der Waals surface area contributed by atoms with Gasteiger partial charge in [-0.25, -0.2) is 0 Å². The summed E-state index contributed by atoms with van der Waals surface area (Å²) in [5, 5.41) is 12.4. The number of hydrogen-bond donors (Lipinski definition) is 2. The molecule has 3 nitrogen and oxygen atoms in total. The highest BCUT2D eigenvalue weighted by Crippen LogP contribution is 2.37. The van der Waals surface area contributed by atoms with Crippen LogP contribution in [0.15, 0.2) is 36.4 Å². The molecule has 0 spiro atoms. The van der Waals surface area contributed by atoms with Crippen LogP contribution in [-0.2, 0) is 4.74 Å². The molecule has 20 heavy (non-hydrogen) atoms. The first-order valence-corrected chi connectivity index (χ1v) is 6.81. The van der Waals surface area contributed by atoms with Crippen molar-refractivity contribution in [3.8, 4) is 5.75 Å². The number of fused-ring (bicyclic) bond motifs is 1. The second kappa shape index (κ2) is 6.44. The average Bonchev–Trinajstić information content (AvgIpc) is 2.47. The van der Waals surface area contributed by atoms with E-state index in [9.17, 15) is 5.11 Å². The number of phenols is 1. The van der Waals surface area contributed by atoms with Crippen LogP contribution < -0.4 is 5.73 Å². The number of ether oxygens (including phenoxy) is 1. The summed E-state index contributed by atoms with van der Waals surface area (Å²) in [5.74, 6) is 0.683. The van der Waals surface area contributed by atoms with Crippen LogP contribution in [0.1, 0.15) is 24.4 Å². The monoisotopic (exact) mass is 293 g/mol. The van der Waals surface area contributed by atoms with Crippen molar-refractivity contribution < 1.29 is 9.84 Å². The minimum Gasteiger partial charge on any atom is -0.508 e. The normalized spacial score (nSPS) is 17.6. The number of rotatable bonds is 2. The van der Waals surface area contributed by atoms with Gasteiger partial charge in [0.1, 0.15) is 5.75 Å². The molecule has 108 valence electrons. The lowest BCUT2D eigenvalue weighted by Gasteiger charge is -2.29. The van der Waals surface area contributed by atoms with Crippen LogP contribution in [0.4, 0.5) is 0 Å². The van der Waals surface area contributed by atoms with Gasteiger partial charge in [-0.15, -0.1) is 12.4 Å². The Morgan fingerprint density at radius 1 is 1.10 bits per heavy atom. The Hall–Kier alpha value is -1.29. The number of hydrogen-bond acceptors (Lipinski definition) is 3. The smallest absolute Gasteiger partial charge is 0.120 e. The fourth-order valence-electron chi connectivity index (χ4n) is 2.95. The summed E-state index contributed by atoms with van der Waals surface area (Å²) in [6.45, 7) is 1.54. The lowest BCUT2D eigenvalue weighted by Crippen LogP contribution is -2.27. The van der Waals surface area contributed by atoms with E-state index >= 15 is 0 Å². The van der Waals surface area contributed by atoms with E-state index in [0.717, 1.165) is 42.4 Å². The quantitative estimate of drug-likeness (QED) is 0.892. The molecule has 2 aromatic carbocycles. The molecule has 1 heterocycles. The summed E-state index contributed by atoms with van der Waals surface area (Å²) in [7, 11) is 0. The minimum absolute atomic E-state index is 0. The Labute approximate surface area is 125 Å². The Kier molecular flexibility index (Phi) is 4.86. The van der Waals surface area contributed by atoms with Crippen LogP contribution in [0, 0.1) is 5.92 Å². The van der Waals surface area contributed by atoms with Crippen molar-refractivity contribution in [2.45, 2.75) is 18.9 Å². The standard InChI is InChI=1S/C16H19NO2.ClH/c17-16(12-7-9-19-10-8-12)15-13-4-2-1-3-11(13)5-6-14(15)18;/h1-6,12,16,18H,7-10,17H2;1H/t16-;/m0./s1. The Balaban J connectivity index is 0.00000147. The number of nitrogens with two attached hydrogens (primary N) is 1. The molecule has 0 saturated carbocycles. The second-order valence-corrected chi connectivity index (χ2v) is 5.20. The van der Waals surface area contributed by atoms with Gasteiger partial charge in [0.05, 0.1) is 0 Å². The van der Waals surface area contributed by atoms with Gasteiger partial charge < -0.3 is 15.6 Å². The van der Waals surface area contributed by atoms with Gasteiger partial charge in [-0.2, -0.15) is 0 Å². The summed E-state index contributed by atoms with van der Waals surface area (Å²) >= 11 is 0. The first kappa shape index (κ1) is 15.1. The fourth-order valence-corrected chi connectivity index (χ4v) is 2.95. The van der Waals surface area contributed by atoms with Gasteiger partial charge in [0.15, 0.2) is 0 Å². The second-order valence-electron chi connectivity index (χ2n) is 5.20. The van der Waals surface area contributed by atoms with Crippen molar-refractivity contribution in [1.82, 2.24) is 0 Å². The lowest BCUT2D eigenvalue weighted by molar-refractivity contribution is 0.0582. The fraction of sp³-hybridized carbons (Fsp3) is 0.375. The molecule has 3 rings (SSSR count). The average molecular weight is 294 g/mol. The van der Waals surface area contributed by atoms with Gasteiger partial charge in [-0.1, -0.05) is 30.3 Å². The number of phenolic OH excluding ortho intramolecular Hbond substituents is 1. The zero-order valence-corrected chi connectivity index (χ0v) is 12.1. The van der Waals surface area contributed by atoms with Gasteiger partial charge in [0.25, 0.3) is 0 Å². The molecule has 1 aliphatic rings. The number of aromatic hydroxyl groups is 1. The Morgan fingerprint density at radius 3 is 2.55 bits per heavy atom. The van der Waals surface area contributed by atoms with E-state index in [1.807, 2.05) is 24.3 Å². The van der Waals surface area contributed by atoms with Crippen molar-refractivity contribution in [1.29, 1.82) is 0 Å².